The SMILES string of the molecule is CCC(C)N1C(=O)c2ccccc2NC1c1cc(OC)c(OC)c(OC)c1. The molecule has 144 valence electrons. The highest BCUT2D eigenvalue weighted by molar-refractivity contribution is 6.01. The summed E-state index contributed by atoms with van der Waals surface area (Å²) in [6.07, 6.45) is 0.507. The lowest BCUT2D eigenvalue weighted by Crippen LogP contribution is -2.47. The summed E-state index contributed by atoms with van der Waals surface area (Å²) < 4.78 is 16.4. The maximum atomic E-state index is 13.2. The molecule has 27 heavy (non-hydrogen) atoms. The first-order valence-corrected chi connectivity index (χ1v) is 9.03. The van der Waals surface area contributed by atoms with Crippen LogP contribution in [0.3, 0.4) is 0 Å². The van der Waals surface area contributed by atoms with Gasteiger partial charge in [-0.15, -0.1) is 0 Å². The van der Waals surface area contributed by atoms with E-state index >= 15 is 0 Å². The average molecular weight is 370 g/mol. The number of amides is 1. The topological polar surface area (TPSA) is 60.0 Å². The molecule has 0 aliphatic carbocycles. The molecule has 1 aliphatic heterocycles. The minimum absolute atomic E-state index is 0.0115. The molecule has 1 aliphatic rings. The first-order valence-electron chi connectivity index (χ1n) is 9.03. The van der Waals surface area contributed by atoms with E-state index in [0.29, 0.717) is 22.8 Å². The lowest BCUT2D eigenvalue weighted by atomic mass is 10.00. The Labute approximate surface area is 160 Å². The summed E-state index contributed by atoms with van der Waals surface area (Å²) in [5.74, 6) is 1.66. The lowest BCUT2D eigenvalue weighted by Gasteiger charge is -2.41. The fraction of sp³-hybridized carbons (Fsp3) is 0.381. The number of hydrogen-bond acceptors (Lipinski definition) is 5. The molecule has 0 fully saturated rings. The quantitative estimate of drug-likeness (QED) is 0.830. The summed E-state index contributed by atoms with van der Waals surface area (Å²) in [7, 11) is 4.74. The number of carbonyl (C=O) groups excluding carboxylic acids is 1. The summed E-state index contributed by atoms with van der Waals surface area (Å²) in [5.41, 5.74) is 2.37. The molecule has 0 saturated heterocycles. The van der Waals surface area contributed by atoms with Crippen LogP contribution in [0.1, 0.15) is 42.4 Å². The molecular weight excluding hydrogens is 344 g/mol. The number of methoxy groups -OCH3 is 3. The normalized spacial score (nSPS) is 17.0. The second-order valence-corrected chi connectivity index (χ2v) is 6.52. The van der Waals surface area contributed by atoms with E-state index in [0.717, 1.165) is 17.7 Å². The number of ether oxygens (including phenoxy) is 3. The Bertz CT molecular complexity index is 812. The van der Waals surface area contributed by atoms with Gasteiger partial charge < -0.3 is 24.4 Å². The molecular formula is C21H26N2O4. The Hall–Kier alpha value is -2.89. The second-order valence-electron chi connectivity index (χ2n) is 6.52. The van der Waals surface area contributed by atoms with Crippen molar-refractivity contribution in [2.24, 2.45) is 0 Å². The summed E-state index contributed by atoms with van der Waals surface area (Å²) in [6, 6.07) is 11.4. The maximum absolute atomic E-state index is 13.2. The molecule has 0 aromatic heterocycles. The van der Waals surface area contributed by atoms with E-state index < -0.39 is 0 Å². The fourth-order valence-electron chi connectivity index (χ4n) is 3.42. The Morgan fingerprint density at radius 3 is 2.26 bits per heavy atom. The van der Waals surface area contributed by atoms with Crippen LogP contribution in [-0.4, -0.2) is 38.2 Å². The number of rotatable bonds is 6. The van der Waals surface area contributed by atoms with Gasteiger partial charge in [-0.3, -0.25) is 4.79 Å². The van der Waals surface area contributed by atoms with Crippen LogP contribution in [0, 0.1) is 0 Å². The molecule has 2 aromatic rings. The maximum Gasteiger partial charge on any atom is 0.258 e. The van der Waals surface area contributed by atoms with Crippen molar-refractivity contribution in [3.63, 3.8) is 0 Å². The number of fused-ring (bicyclic) bond motifs is 1. The minimum atomic E-state index is -0.337. The zero-order valence-electron chi connectivity index (χ0n) is 16.4. The van der Waals surface area contributed by atoms with Crippen molar-refractivity contribution in [2.75, 3.05) is 26.6 Å². The monoisotopic (exact) mass is 370 g/mol. The second kappa shape index (κ2) is 7.78. The van der Waals surface area contributed by atoms with Crippen molar-refractivity contribution in [2.45, 2.75) is 32.5 Å². The molecule has 2 aromatic carbocycles. The Balaban J connectivity index is 2.14. The highest BCUT2D eigenvalue weighted by atomic mass is 16.5. The predicted octanol–water partition coefficient (Wildman–Crippen LogP) is 4.08. The van der Waals surface area contributed by atoms with Crippen LogP contribution >= 0.6 is 0 Å². The third-order valence-corrected chi connectivity index (χ3v) is 5.03. The first-order chi connectivity index (χ1) is 13.0. The van der Waals surface area contributed by atoms with Crippen LogP contribution in [-0.2, 0) is 0 Å². The zero-order valence-corrected chi connectivity index (χ0v) is 16.4. The van der Waals surface area contributed by atoms with E-state index in [4.69, 9.17) is 14.2 Å². The first kappa shape index (κ1) is 18.9. The molecule has 0 radical (unpaired) electrons. The number of nitrogens with one attached hydrogen (secondary N) is 1. The Morgan fingerprint density at radius 1 is 1.07 bits per heavy atom. The molecule has 0 spiro atoms. The number of hydrogen-bond donors (Lipinski definition) is 1. The van der Waals surface area contributed by atoms with E-state index in [-0.39, 0.29) is 18.1 Å². The smallest absolute Gasteiger partial charge is 0.258 e. The van der Waals surface area contributed by atoms with Crippen LogP contribution < -0.4 is 19.5 Å². The van der Waals surface area contributed by atoms with Crippen molar-refractivity contribution in [3.05, 3.63) is 47.5 Å². The van der Waals surface area contributed by atoms with Crippen LogP contribution in [0.4, 0.5) is 5.69 Å². The van der Waals surface area contributed by atoms with Gasteiger partial charge in [0.1, 0.15) is 6.17 Å². The summed E-state index contributed by atoms with van der Waals surface area (Å²) in [6.45, 7) is 4.13. The molecule has 0 bridgehead atoms. The highest BCUT2D eigenvalue weighted by Gasteiger charge is 2.36. The molecule has 6 nitrogen and oxygen atoms in total. The van der Waals surface area contributed by atoms with Gasteiger partial charge in [0, 0.05) is 17.3 Å². The molecule has 3 rings (SSSR count). The zero-order chi connectivity index (χ0) is 19.6. The molecule has 0 saturated carbocycles. The number of nitrogens with zero attached hydrogens (tertiary/aromatic N) is 1. The Kier molecular flexibility index (Phi) is 5.44. The molecule has 2 atom stereocenters. The largest absolute Gasteiger partial charge is 0.493 e. The van der Waals surface area contributed by atoms with Crippen molar-refractivity contribution < 1.29 is 19.0 Å². The van der Waals surface area contributed by atoms with E-state index in [1.165, 1.54) is 0 Å². The Morgan fingerprint density at radius 2 is 1.70 bits per heavy atom. The van der Waals surface area contributed by atoms with Gasteiger partial charge in [0.2, 0.25) is 5.75 Å². The fourth-order valence-corrected chi connectivity index (χ4v) is 3.42. The van der Waals surface area contributed by atoms with Crippen molar-refractivity contribution in [1.82, 2.24) is 4.90 Å². The lowest BCUT2D eigenvalue weighted by molar-refractivity contribution is 0.0593. The van der Waals surface area contributed by atoms with Gasteiger partial charge in [-0.1, -0.05) is 19.1 Å². The molecule has 6 heteroatoms. The van der Waals surface area contributed by atoms with Gasteiger partial charge in [-0.25, -0.2) is 0 Å². The van der Waals surface area contributed by atoms with Crippen LogP contribution in [0.15, 0.2) is 36.4 Å². The molecule has 1 heterocycles. The summed E-state index contributed by atoms with van der Waals surface area (Å²) in [5, 5.41) is 3.50. The van der Waals surface area contributed by atoms with Gasteiger partial charge in [-0.05, 0) is 37.6 Å². The van der Waals surface area contributed by atoms with Crippen LogP contribution in [0.2, 0.25) is 0 Å². The third-order valence-electron chi connectivity index (χ3n) is 5.03. The average Bonchev–Trinajstić information content (AvgIpc) is 2.71. The van der Waals surface area contributed by atoms with Gasteiger partial charge >= 0.3 is 0 Å². The van der Waals surface area contributed by atoms with E-state index in [1.54, 1.807) is 21.3 Å². The van der Waals surface area contributed by atoms with Crippen molar-refractivity contribution >= 4 is 11.6 Å². The standard InChI is InChI=1S/C21H26N2O4/c1-6-13(2)23-20(22-16-10-8-7-9-15(16)21(23)24)14-11-17(25-3)19(27-5)18(12-14)26-4/h7-13,20,22H,6H2,1-5H3. The van der Waals surface area contributed by atoms with E-state index in [1.807, 2.05) is 41.3 Å². The molecule has 2 unspecified atom stereocenters. The number of benzene rings is 2. The highest BCUT2D eigenvalue weighted by Crippen LogP contribution is 2.43. The molecule has 1 N–H and O–H groups in total. The minimum Gasteiger partial charge on any atom is -0.493 e. The third kappa shape index (κ3) is 3.27. The number of carbonyl (C=O) groups is 1. The van der Waals surface area contributed by atoms with Crippen molar-refractivity contribution in [1.29, 1.82) is 0 Å². The van der Waals surface area contributed by atoms with Crippen LogP contribution in [0.5, 0.6) is 17.2 Å². The predicted molar refractivity (Wildman–Crippen MR) is 105 cm³/mol. The van der Waals surface area contributed by atoms with Gasteiger partial charge in [0.05, 0.1) is 26.9 Å². The van der Waals surface area contributed by atoms with Gasteiger partial charge in [-0.2, -0.15) is 0 Å². The van der Waals surface area contributed by atoms with Crippen LogP contribution in [0.25, 0.3) is 0 Å². The van der Waals surface area contributed by atoms with Crippen molar-refractivity contribution in [3.8, 4) is 17.2 Å². The van der Waals surface area contributed by atoms with Gasteiger partial charge in [0.15, 0.2) is 11.5 Å². The van der Waals surface area contributed by atoms with E-state index in [2.05, 4.69) is 19.2 Å². The van der Waals surface area contributed by atoms with Gasteiger partial charge in [0.25, 0.3) is 5.91 Å². The van der Waals surface area contributed by atoms with E-state index in [9.17, 15) is 4.79 Å². The summed E-state index contributed by atoms with van der Waals surface area (Å²) in [4.78, 5) is 15.1. The summed E-state index contributed by atoms with van der Waals surface area (Å²) >= 11 is 0. The molecule has 1 amide bonds. The number of anilines is 1. The number of para-hydroxylation sites is 1.